The number of hydrogen-bond donors (Lipinski definition) is 2. The Bertz CT molecular complexity index is 1610. The van der Waals surface area contributed by atoms with Gasteiger partial charge in [-0.15, -0.1) is 0 Å². The van der Waals surface area contributed by atoms with Gasteiger partial charge >= 0.3 is 0 Å². The van der Waals surface area contributed by atoms with Gasteiger partial charge in [-0.2, -0.15) is 0 Å². The van der Waals surface area contributed by atoms with Gasteiger partial charge < -0.3 is 0 Å². The highest BCUT2D eigenvalue weighted by atomic mass is 32.2. The molecule has 170 valence electrons. The molecule has 0 aromatic heterocycles. The molecule has 6 nitrogen and oxygen atoms in total. The molecule has 5 aromatic carbocycles. The van der Waals surface area contributed by atoms with Crippen molar-refractivity contribution in [1.29, 1.82) is 0 Å². The summed E-state index contributed by atoms with van der Waals surface area (Å²) in [5.74, 6) is 0. The molecule has 0 fully saturated rings. The van der Waals surface area contributed by atoms with Gasteiger partial charge in [-0.05, 0) is 35.0 Å². The molecular formula is C26H20N2O4S2. The van der Waals surface area contributed by atoms with E-state index in [0.717, 1.165) is 10.8 Å². The van der Waals surface area contributed by atoms with Crippen LogP contribution >= 0.6 is 0 Å². The molecule has 5 rings (SSSR count). The third-order valence-corrected chi connectivity index (χ3v) is 8.34. The standard InChI is InChI=1S/C26H20N2O4S2/c29-33(30,25-17-7-11-19-9-1-3-13-21(19)25)27-23-15-5-6-16-24(23)28-34(31,32)26-18-8-12-20-10-2-4-14-22(20)26/h1-18,27-28H. The van der Waals surface area contributed by atoms with Crippen LogP contribution < -0.4 is 9.44 Å². The van der Waals surface area contributed by atoms with Crippen LogP contribution in [-0.4, -0.2) is 16.8 Å². The highest BCUT2D eigenvalue weighted by molar-refractivity contribution is 7.93. The van der Waals surface area contributed by atoms with E-state index in [9.17, 15) is 16.8 Å². The van der Waals surface area contributed by atoms with E-state index in [-0.39, 0.29) is 21.2 Å². The first-order valence-corrected chi connectivity index (χ1v) is 13.4. The first-order valence-electron chi connectivity index (χ1n) is 10.5. The predicted molar refractivity (Wildman–Crippen MR) is 136 cm³/mol. The van der Waals surface area contributed by atoms with Gasteiger partial charge in [-0.1, -0.05) is 84.9 Å². The van der Waals surface area contributed by atoms with Gasteiger partial charge in [0, 0.05) is 10.8 Å². The Morgan fingerprint density at radius 1 is 0.412 bits per heavy atom. The Morgan fingerprint density at radius 2 is 0.765 bits per heavy atom. The largest absolute Gasteiger partial charge is 0.277 e. The van der Waals surface area contributed by atoms with Crippen LogP contribution in [0.5, 0.6) is 0 Å². The zero-order valence-electron chi connectivity index (χ0n) is 17.8. The molecule has 0 heterocycles. The van der Waals surface area contributed by atoms with Gasteiger partial charge in [0.2, 0.25) is 0 Å². The third kappa shape index (κ3) is 4.09. The van der Waals surface area contributed by atoms with Crippen molar-refractivity contribution in [3.05, 3.63) is 109 Å². The highest BCUT2D eigenvalue weighted by Crippen LogP contribution is 2.31. The molecule has 0 spiro atoms. The lowest BCUT2D eigenvalue weighted by Crippen LogP contribution is -2.18. The van der Waals surface area contributed by atoms with Gasteiger partial charge in [-0.3, -0.25) is 9.44 Å². The van der Waals surface area contributed by atoms with Crippen molar-refractivity contribution in [2.24, 2.45) is 0 Å². The minimum atomic E-state index is -4.00. The van der Waals surface area contributed by atoms with Crippen molar-refractivity contribution in [2.45, 2.75) is 9.79 Å². The van der Waals surface area contributed by atoms with Crippen molar-refractivity contribution < 1.29 is 16.8 Å². The van der Waals surface area contributed by atoms with Crippen molar-refractivity contribution >= 4 is 53.0 Å². The number of anilines is 2. The Hall–Kier alpha value is -3.88. The molecule has 0 aliphatic rings. The van der Waals surface area contributed by atoms with Crippen molar-refractivity contribution in [1.82, 2.24) is 0 Å². The SMILES string of the molecule is O=S(=O)(Nc1ccccc1NS(=O)(=O)c1cccc2ccccc12)c1cccc2ccccc12. The summed E-state index contributed by atoms with van der Waals surface area (Å²) in [7, 11) is -8.00. The maximum Gasteiger partial charge on any atom is 0.262 e. The van der Waals surface area contributed by atoms with Crippen LogP contribution in [-0.2, 0) is 20.0 Å². The molecule has 34 heavy (non-hydrogen) atoms. The zero-order valence-corrected chi connectivity index (χ0v) is 19.5. The number of benzene rings is 5. The fourth-order valence-corrected chi connectivity index (χ4v) is 6.54. The minimum absolute atomic E-state index is 0.109. The average molecular weight is 489 g/mol. The number of nitrogens with one attached hydrogen (secondary N) is 2. The van der Waals surface area contributed by atoms with E-state index < -0.39 is 20.0 Å². The van der Waals surface area contributed by atoms with E-state index in [1.165, 1.54) is 24.3 Å². The lowest BCUT2D eigenvalue weighted by molar-refractivity contribution is 0.599. The Kier molecular flexibility index (Phi) is 5.47. The monoisotopic (exact) mass is 488 g/mol. The van der Waals surface area contributed by atoms with E-state index >= 15 is 0 Å². The van der Waals surface area contributed by atoms with Crippen LogP contribution in [0, 0.1) is 0 Å². The quantitative estimate of drug-likeness (QED) is 0.326. The van der Waals surface area contributed by atoms with E-state index in [1.807, 2.05) is 36.4 Å². The molecule has 0 aliphatic heterocycles. The number of para-hydroxylation sites is 2. The maximum absolute atomic E-state index is 13.3. The number of hydrogen-bond acceptors (Lipinski definition) is 4. The first-order chi connectivity index (χ1) is 16.4. The number of sulfonamides is 2. The summed E-state index contributed by atoms with van der Waals surface area (Å²) in [4.78, 5) is 0.217. The van der Waals surface area contributed by atoms with Gasteiger partial charge in [0.05, 0.1) is 21.2 Å². The van der Waals surface area contributed by atoms with Gasteiger partial charge in [0.25, 0.3) is 20.0 Å². The van der Waals surface area contributed by atoms with Crippen molar-refractivity contribution in [3.8, 4) is 0 Å². The van der Waals surface area contributed by atoms with E-state index in [1.54, 1.807) is 48.5 Å². The second-order valence-corrected chi connectivity index (χ2v) is 11.0. The van der Waals surface area contributed by atoms with Crippen LogP contribution in [0.4, 0.5) is 11.4 Å². The molecule has 5 aromatic rings. The van der Waals surface area contributed by atoms with Gasteiger partial charge in [-0.25, -0.2) is 16.8 Å². The molecule has 0 amide bonds. The van der Waals surface area contributed by atoms with Crippen LogP contribution in [0.1, 0.15) is 0 Å². The van der Waals surface area contributed by atoms with E-state index in [2.05, 4.69) is 9.44 Å². The highest BCUT2D eigenvalue weighted by Gasteiger charge is 2.22. The molecule has 0 aliphatic carbocycles. The summed E-state index contributed by atoms with van der Waals surface area (Å²) in [6, 6.07) is 30.7. The Morgan fingerprint density at radius 3 is 1.21 bits per heavy atom. The number of fused-ring (bicyclic) bond motifs is 2. The molecule has 8 heteroatoms. The fraction of sp³-hybridized carbons (Fsp3) is 0. The van der Waals surface area contributed by atoms with Crippen LogP contribution in [0.25, 0.3) is 21.5 Å². The first kappa shape index (κ1) is 21.9. The molecule has 2 N–H and O–H groups in total. The summed E-state index contributed by atoms with van der Waals surface area (Å²) in [5.41, 5.74) is 0.249. The zero-order chi connectivity index (χ0) is 23.8. The summed E-state index contributed by atoms with van der Waals surface area (Å²) in [6.45, 7) is 0. The minimum Gasteiger partial charge on any atom is -0.277 e. The topological polar surface area (TPSA) is 92.3 Å². The maximum atomic E-state index is 13.3. The summed E-state index contributed by atoms with van der Waals surface area (Å²) >= 11 is 0. The van der Waals surface area contributed by atoms with Gasteiger partial charge in [0.15, 0.2) is 0 Å². The molecule has 0 unspecified atom stereocenters. The van der Waals surface area contributed by atoms with E-state index in [0.29, 0.717) is 10.8 Å². The summed E-state index contributed by atoms with van der Waals surface area (Å²) < 4.78 is 58.3. The number of rotatable bonds is 6. The molecule has 0 saturated carbocycles. The Labute approximate surface area is 198 Å². The molecule has 0 bridgehead atoms. The third-order valence-electron chi connectivity index (χ3n) is 5.49. The summed E-state index contributed by atoms with van der Waals surface area (Å²) in [6.07, 6.45) is 0. The molecule has 0 radical (unpaired) electrons. The van der Waals surface area contributed by atoms with Crippen LogP contribution in [0.15, 0.2) is 119 Å². The van der Waals surface area contributed by atoms with Crippen LogP contribution in [0.2, 0.25) is 0 Å². The van der Waals surface area contributed by atoms with Gasteiger partial charge in [0.1, 0.15) is 0 Å². The summed E-state index contributed by atoms with van der Waals surface area (Å²) in [5, 5.41) is 2.73. The second kappa shape index (κ2) is 8.48. The fourth-order valence-electron chi connectivity index (χ4n) is 3.92. The van der Waals surface area contributed by atoms with Crippen LogP contribution in [0.3, 0.4) is 0 Å². The van der Waals surface area contributed by atoms with E-state index in [4.69, 9.17) is 0 Å². The normalized spacial score (nSPS) is 12.0. The van der Waals surface area contributed by atoms with Crippen molar-refractivity contribution in [2.75, 3.05) is 9.44 Å². The molecule has 0 saturated heterocycles. The second-order valence-electron chi connectivity index (χ2n) is 7.71. The average Bonchev–Trinajstić information content (AvgIpc) is 2.84. The Balaban J connectivity index is 1.53. The predicted octanol–water partition coefficient (Wildman–Crippen LogP) is 5.59. The lowest BCUT2D eigenvalue weighted by atomic mass is 10.1. The van der Waals surface area contributed by atoms with Crippen molar-refractivity contribution in [3.63, 3.8) is 0 Å². The smallest absolute Gasteiger partial charge is 0.262 e. The lowest BCUT2D eigenvalue weighted by Gasteiger charge is -2.16. The molecule has 0 atom stereocenters. The molecular weight excluding hydrogens is 468 g/mol.